The van der Waals surface area contributed by atoms with Crippen LogP contribution in [-0.2, 0) is 20.1 Å². The van der Waals surface area contributed by atoms with Crippen molar-refractivity contribution in [1.29, 1.82) is 0 Å². The Morgan fingerprint density at radius 2 is 1.57 bits per heavy atom. The minimum atomic E-state index is 0. The Morgan fingerprint density at radius 3 is 2.34 bits per heavy atom. The standard InChI is InChI=1S/C32H27N2.Ir/c1-20(2)23-16-17-25(22(4)18-23)30-19-33-32-28-14-9-13-26(24-11-6-5-10-21(24)3)31(28)27-12-7-8-15-29(27)34(30)32;/h5-13,15-20H,1-4H3;/q-1;. The molecular formula is C32H27IrN2-. The summed E-state index contributed by atoms with van der Waals surface area (Å²) in [6.45, 7) is 8.86. The Morgan fingerprint density at radius 1 is 0.800 bits per heavy atom. The summed E-state index contributed by atoms with van der Waals surface area (Å²) in [5.74, 6) is 0.508. The first-order valence-electron chi connectivity index (χ1n) is 11.9. The number of nitrogens with zero attached hydrogens (tertiary/aromatic N) is 2. The van der Waals surface area contributed by atoms with E-state index < -0.39 is 0 Å². The number of para-hydroxylation sites is 1. The predicted octanol–water partition coefficient (Wildman–Crippen LogP) is 8.51. The van der Waals surface area contributed by atoms with Gasteiger partial charge in [-0.15, -0.1) is 18.2 Å². The number of hydrogen-bond donors (Lipinski definition) is 0. The normalized spacial score (nSPS) is 11.5. The number of aryl methyl sites for hydroxylation is 2. The van der Waals surface area contributed by atoms with Crippen LogP contribution >= 0.6 is 0 Å². The van der Waals surface area contributed by atoms with Gasteiger partial charge < -0.3 is 4.40 Å². The van der Waals surface area contributed by atoms with Crippen LogP contribution in [0.5, 0.6) is 0 Å². The summed E-state index contributed by atoms with van der Waals surface area (Å²) in [6, 6.07) is 31.8. The van der Waals surface area contributed by atoms with Gasteiger partial charge in [-0.3, -0.25) is 4.98 Å². The number of fused-ring (bicyclic) bond motifs is 6. The average Bonchev–Trinajstić information content (AvgIpc) is 3.29. The number of benzene rings is 4. The van der Waals surface area contributed by atoms with E-state index in [1.54, 1.807) is 0 Å². The maximum absolute atomic E-state index is 4.96. The molecule has 4 aromatic carbocycles. The molecule has 2 heterocycles. The molecule has 0 saturated carbocycles. The Bertz CT molecular complexity index is 1710. The fraction of sp³-hybridized carbons (Fsp3) is 0.156. The molecule has 0 fully saturated rings. The van der Waals surface area contributed by atoms with Crippen LogP contribution in [0, 0.1) is 19.9 Å². The van der Waals surface area contributed by atoms with E-state index in [4.69, 9.17) is 4.98 Å². The van der Waals surface area contributed by atoms with E-state index >= 15 is 0 Å². The maximum Gasteiger partial charge on any atom is 0.0636 e. The van der Waals surface area contributed by atoms with Crippen LogP contribution in [0.2, 0.25) is 0 Å². The molecule has 0 bridgehead atoms. The van der Waals surface area contributed by atoms with Crippen LogP contribution < -0.4 is 0 Å². The van der Waals surface area contributed by atoms with Gasteiger partial charge in [0.15, 0.2) is 0 Å². The van der Waals surface area contributed by atoms with E-state index in [-0.39, 0.29) is 20.1 Å². The van der Waals surface area contributed by atoms with Crippen molar-refractivity contribution in [2.24, 2.45) is 0 Å². The van der Waals surface area contributed by atoms with E-state index in [9.17, 15) is 0 Å². The van der Waals surface area contributed by atoms with Crippen molar-refractivity contribution in [1.82, 2.24) is 9.38 Å². The van der Waals surface area contributed by atoms with Gasteiger partial charge in [-0.25, -0.2) is 0 Å². The first-order chi connectivity index (χ1) is 16.5. The van der Waals surface area contributed by atoms with E-state index in [1.165, 1.54) is 49.7 Å². The Hall–Kier alpha value is -3.26. The number of pyridine rings is 1. The van der Waals surface area contributed by atoms with Gasteiger partial charge in [-0.2, -0.15) is 0 Å². The van der Waals surface area contributed by atoms with Crippen molar-refractivity contribution in [3.8, 4) is 22.4 Å². The Kier molecular flexibility index (Phi) is 6.09. The van der Waals surface area contributed by atoms with Crippen molar-refractivity contribution < 1.29 is 20.1 Å². The van der Waals surface area contributed by atoms with Gasteiger partial charge in [0, 0.05) is 37.4 Å². The zero-order valence-electron chi connectivity index (χ0n) is 20.4. The summed E-state index contributed by atoms with van der Waals surface area (Å²) < 4.78 is 2.31. The summed E-state index contributed by atoms with van der Waals surface area (Å²) in [5.41, 5.74) is 10.8. The van der Waals surface area contributed by atoms with Gasteiger partial charge >= 0.3 is 0 Å². The van der Waals surface area contributed by atoms with Crippen LogP contribution in [0.4, 0.5) is 0 Å². The zero-order chi connectivity index (χ0) is 23.4. The SMILES string of the molecule is Cc1ccccc1-c1cc[c-]c2c1c1ccccc1n1c(-c3ccc(C(C)C)cc3C)cnc21.[Ir]. The van der Waals surface area contributed by atoms with Crippen LogP contribution in [0.3, 0.4) is 0 Å². The largest absolute Gasteiger partial charge is 0.333 e. The molecule has 6 aromatic rings. The molecule has 35 heavy (non-hydrogen) atoms. The zero-order valence-corrected chi connectivity index (χ0v) is 22.8. The molecular weight excluding hydrogens is 605 g/mol. The molecule has 0 aliphatic heterocycles. The third-order valence-electron chi connectivity index (χ3n) is 7.03. The minimum absolute atomic E-state index is 0. The molecule has 0 amide bonds. The maximum atomic E-state index is 4.96. The third-order valence-corrected chi connectivity index (χ3v) is 7.03. The molecule has 175 valence electrons. The van der Waals surface area contributed by atoms with Gasteiger partial charge in [0.2, 0.25) is 0 Å². The van der Waals surface area contributed by atoms with E-state index in [0.29, 0.717) is 5.92 Å². The summed E-state index contributed by atoms with van der Waals surface area (Å²) in [5, 5.41) is 3.49. The Labute approximate surface area is 220 Å². The fourth-order valence-corrected chi connectivity index (χ4v) is 5.23. The second-order valence-electron chi connectivity index (χ2n) is 9.50. The molecule has 0 aliphatic rings. The number of rotatable bonds is 3. The van der Waals surface area contributed by atoms with Gasteiger partial charge in [0.05, 0.1) is 11.3 Å². The van der Waals surface area contributed by atoms with Crippen molar-refractivity contribution >= 4 is 27.3 Å². The second-order valence-corrected chi connectivity index (χ2v) is 9.50. The molecule has 0 aliphatic carbocycles. The molecule has 0 saturated heterocycles. The van der Waals surface area contributed by atoms with Crippen molar-refractivity contribution in [3.05, 3.63) is 108 Å². The summed E-state index contributed by atoms with van der Waals surface area (Å²) in [7, 11) is 0. The Balaban J connectivity index is 0.00000253. The molecule has 3 heteroatoms. The molecule has 6 rings (SSSR count). The monoisotopic (exact) mass is 632 g/mol. The van der Waals surface area contributed by atoms with Crippen molar-refractivity contribution in [3.63, 3.8) is 0 Å². The quantitative estimate of drug-likeness (QED) is 0.141. The summed E-state index contributed by atoms with van der Waals surface area (Å²) >= 11 is 0. The van der Waals surface area contributed by atoms with Gasteiger partial charge in [-0.05, 0) is 53.5 Å². The number of hydrogen-bond acceptors (Lipinski definition) is 1. The second kappa shape index (κ2) is 9.07. The van der Waals surface area contributed by atoms with E-state index in [0.717, 1.165) is 16.7 Å². The molecule has 0 unspecified atom stereocenters. The van der Waals surface area contributed by atoms with Crippen molar-refractivity contribution in [2.45, 2.75) is 33.6 Å². The minimum Gasteiger partial charge on any atom is -0.333 e. The molecule has 0 atom stereocenters. The summed E-state index contributed by atoms with van der Waals surface area (Å²) in [6.07, 6.45) is 2.02. The summed E-state index contributed by atoms with van der Waals surface area (Å²) in [4.78, 5) is 4.96. The third kappa shape index (κ3) is 3.71. The number of imidazole rings is 1. The average molecular weight is 632 g/mol. The van der Waals surface area contributed by atoms with Crippen LogP contribution in [0.25, 0.3) is 49.7 Å². The smallest absolute Gasteiger partial charge is 0.0636 e. The van der Waals surface area contributed by atoms with E-state index in [1.807, 2.05) is 12.3 Å². The molecule has 1 radical (unpaired) electrons. The number of aromatic nitrogens is 2. The first kappa shape index (κ1) is 23.5. The molecule has 2 aromatic heterocycles. The van der Waals surface area contributed by atoms with Gasteiger partial charge in [-0.1, -0.05) is 90.8 Å². The topological polar surface area (TPSA) is 17.3 Å². The molecule has 2 nitrogen and oxygen atoms in total. The van der Waals surface area contributed by atoms with Crippen LogP contribution in [0.1, 0.15) is 36.5 Å². The van der Waals surface area contributed by atoms with Crippen LogP contribution in [0.15, 0.2) is 85.1 Å². The predicted molar refractivity (Wildman–Crippen MR) is 143 cm³/mol. The fourth-order valence-electron chi connectivity index (χ4n) is 5.23. The van der Waals surface area contributed by atoms with Crippen LogP contribution in [-0.4, -0.2) is 9.38 Å². The molecule has 0 N–H and O–H groups in total. The van der Waals surface area contributed by atoms with Gasteiger partial charge in [0.1, 0.15) is 0 Å². The van der Waals surface area contributed by atoms with Crippen molar-refractivity contribution in [2.75, 3.05) is 0 Å². The van der Waals surface area contributed by atoms with Gasteiger partial charge in [0.25, 0.3) is 0 Å². The first-order valence-corrected chi connectivity index (χ1v) is 11.9. The molecule has 0 spiro atoms. The van der Waals surface area contributed by atoms with E-state index in [2.05, 4.69) is 111 Å².